The molecule has 96 valence electrons. The van der Waals surface area contributed by atoms with E-state index in [-0.39, 0.29) is 12.2 Å². The highest BCUT2D eigenvalue weighted by molar-refractivity contribution is 5.65. The Balaban J connectivity index is 2.29. The SMILES string of the molecule is CCOc1ccc(-c2ccc(CC#N)cc2F)cc1. The van der Waals surface area contributed by atoms with Gasteiger partial charge in [0.2, 0.25) is 0 Å². The van der Waals surface area contributed by atoms with Gasteiger partial charge in [0.05, 0.1) is 19.1 Å². The van der Waals surface area contributed by atoms with E-state index in [0.29, 0.717) is 17.7 Å². The zero-order valence-corrected chi connectivity index (χ0v) is 10.7. The fourth-order valence-corrected chi connectivity index (χ4v) is 1.89. The minimum absolute atomic E-state index is 0.223. The predicted molar refractivity (Wildman–Crippen MR) is 72.3 cm³/mol. The Bertz CT molecular complexity index is 599. The van der Waals surface area contributed by atoms with Crippen molar-refractivity contribution in [1.82, 2.24) is 0 Å². The van der Waals surface area contributed by atoms with Crippen molar-refractivity contribution in [2.24, 2.45) is 0 Å². The summed E-state index contributed by atoms with van der Waals surface area (Å²) in [5, 5.41) is 8.59. The number of benzene rings is 2. The maximum Gasteiger partial charge on any atom is 0.131 e. The van der Waals surface area contributed by atoms with Crippen LogP contribution < -0.4 is 4.74 Å². The van der Waals surface area contributed by atoms with Crippen LogP contribution in [-0.2, 0) is 6.42 Å². The minimum atomic E-state index is -0.308. The fourth-order valence-electron chi connectivity index (χ4n) is 1.89. The fraction of sp³-hybridized carbons (Fsp3) is 0.188. The summed E-state index contributed by atoms with van der Waals surface area (Å²) < 4.78 is 19.3. The summed E-state index contributed by atoms with van der Waals surface area (Å²) in [4.78, 5) is 0. The summed E-state index contributed by atoms with van der Waals surface area (Å²) in [6, 6.07) is 14.2. The van der Waals surface area contributed by atoms with Crippen molar-refractivity contribution in [3.8, 4) is 22.9 Å². The van der Waals surface area contributed by atoms with Gasteiger partial charge in [0.25, 0.3) is 0 Å². The van der Waals surface area contributed by atoms with Crippen LogP contribution in [0.4, 0.5) is 4.39 Å². The first kappa shape index (κ1) is 13.1. The lowest BCUT2D eigenvalue weighted by Gasteiger charge is -2.07. The number of hydrogen-bond donors (Lipinski definition) is 0. The lowest BCUT2D eigenvalue weighted by molar-refractivity contribution is 0.340. The van der Waals surface area contributed by atoms with Gasteiger partial charge in [-0.25, -0.2) is 4.39 Å². The lowest BCUT2D eigenvalue weighted by Crippen LogP contribution is -1.92. The van der Waals surface area contributed by atoms with Gasteiger partial charge in [-0.05, 0) is 36.2 Å². The average molecular weight is 255 g/mol. The zero-order valence-electron chi connectivity index (χ0n) is 10.7. The van der Waals surface area contributed by atoms with Gasteiger partial charge < -0.3 is 4.74 Å². The molecular weight excluding hydrogens is 241 g/mol. The van der Waals surface area contributed by atoms with Gasteiger partial charge in [0, 0.05) is 5.56 Å². The molecule has 0 radical (unpaired) electrons. The third-order valence-electron chi connectivity index (χ3n) is 2.79. The van der Waals surface area contributed by atoms with Crippen LogP contribution in [0.15, 0.2) is 42.5 Å². The van der Waals surface area contributed by atoms with E-state index < -0.39 is 0 Å². The first-order valence-corrected chi connectivity index (χ1v) is 6.13. The van der Waals surface area contributed by atoms with E-state index in [1.807, 2.05) is 37.3 Å². The van der Waals surface area contributed by atoms with Gasteiger partial charge in [-0.1, -0.05) is 24.3 Å². The number of ether oxygens (including phenoxy) is 1. The quantitative estimate of drug-likeness (QED) is 0.828. The van der Waals surface area contributed by atoms with E-state index >= 15 is 0 Å². The second-order valence-electron chi connectivity index (χ2n) is 4.11. The summed E-state index contributed by atoms with van der Waals surface area (Å²) in [5.41, 5.74) is 2.02. The van der Waals surface area contributed by atoms with Crippen LogP contribution >= 0.6 is 0 Å². The maximum absolute atomic E-state index is 14.0. The molecule has 0 amide bonds. The number of nitrogens with zero attached hydrogens (tertiary/aromatic N) is 1. The highest BCUT2D eigenvalue weighted by atomic mass is 19.1. The van der Waals surface area contributed by atoms with Crippen LogP contribution in [-0.4, -0.2) is 6.61 Å². The molecule has 0 N–H and O–H groups in total. The molecule has 0 bridgehead atoms. The second kappa shape index (κ2) is 6.01. The van der Waals surface area contributed by atoms with Crippen molar-refractivity contribution in [2.75, 3.05) is 6.61 Å². The Morgan fingerprint density at radius 1 is 1.16 bits per heavy atom. The molecule has 0 aromatic heterocycles. The smallest absolute Gasteiger partial charge is 0.131 e. The van der Waals surface area contributed by atoms with Crippen molar-refractivity contribution in [3.05, 3.63) is 53.8 Å². The van der Waals surface area contributed by atoms with Crippen LogP contribution in [0, 0.1) is 17.1 Å². The Morgan fingerprint density at radius 3 is 2.47 bits per heavy atom. The van der Waals surface area contributed by atoms with Gasteiger partial charge in [-0.2, -0.15) is 5.26 Å². The van der Waals surface area contributed by atoms with Crippen LogP contribution in [0.3, 0.4) is 0 Å². The molecule has 19 heavy (non-hydrogen) atoms. The summed E-state index contributed by atoms with van der Waals surface area (Å²) in [6.45, 7) is 2.53. The molecule has 0 atom stereocenters. The van der Waals surface area contributed by atoms with Gasteiger partial charge in [0.1, 0.15) is 11.6 Å². The molecule has 2 aromatic rings. The van der Waals surface area contributed by atoms with Crippen molar-refractivity contribution in [1.29, 1.82) is 5.26 Å². The van der Waals surface area contributed by atoms with E-state index in [2.05, 4.69) is 0 Å². The Morgan fingerprint density at radius 2 is 1.89 bits per heavy atom. The molecule has 3 heteroatoms. The van der Waals surface area contributed by atoms with Crippen LogP contribution in [0.25, 0.3) is 11.1 Å². The molecule has 0 heterocycles. The summed E-state index contributed by atoms with van der Waals surface area (Å²) in [7, 11) is 0. The molecule has 0 fully saturated rings. The molecule has 0 aliphatic heterocycles. The van der Waals surface area contributed by atoms with Gasteiger partial charge in [-0.15, -0.1) is 0 Å². The minimum Gasteiger partial charge on any atom is -0.494 e. The number of rotatable bonds is 4. The van der Waals surface area contributed by atoms with Gasteiger partial charge >= 0.3 is 0 Å². The summed E-state index contributed by atoms with van der Waals surface area (Å²) >= 11 is 0. The topological polar surface area (TPSA) is 33.0 Å². The van der Waals surface area contributed by atoms with Crippen molar-refractivity contribution < 1.29 is 9.13 Å². The Labute approximate surface area is 112 Å². The van der Waals surface area contributed by atoms with Crippen molar-refractivity contribution >= 4 is 0 Å². The van der Waals surface area contributed by atoms with Crippen molar-refractivity contribution in [2.45, 2.75) is 13.3 Å². The Hall–Kier alpha value is -2.34. The highest BCUT2D eigenvalue weighted by Crippen LogP contribution is 2.25. The lowest BCUT2D eigenvalue weighted by atomic mass is 10.0. The van der Waals surface area contributed by atoms with E-state index in [4.69, 9.17) is 10.00 Å². The van der Waals surface area contributed by atoms with E-state index in [0.717, 1.165) is 11.3 Å². The van der Waals surface area contributed by atoms with E-state index in [1.165, 1.54) is 6.07 Å². The Kier molecular flexibility index (Phi) is 4.15. The van der Waals surface area contributed by atoms with Crippen LogP contribution in [0.5, 0.6) is 5.75 Å². The molecular formula is C16H14FNO. The molecule has 2 aromatic carbocycles. The molecule has 0 aliphatic carbocycles. The summed E-state index contributed by atoms with van der Waals surface area (Å²) in [6.07, 6.45) is 0.223. The van der Waals surface area contributed by atoms with Crippen LogP contribution in [0.2, 0.25) is 0 Å². The second-order valence-corrected chi connectivity index (χ2v) is 4.11. The van der Waals surface area contributed by atoms with E-state index in [9.17, 15) is 4.39 Å². The average Bonchev–Trinajstić information content (AvgIpc) is 2.41. The third kappa shape index (κ3) is 3.11. The number of hydrogen-bond acceptors (Lipinski definition) is 2. The largest absolute Gasteiger partial charge is 0.494 e. The highest BCUT2D eigenvalue weighted by Gasteiger charge is 2.06. The number of nitriles is 1. The molecule has 0 unspecified atom stereocenters. The predicted octanol–water partition coefficient (Wildman–Crippen LogP) is 3.96. The molecule has 0 saturated carbocycles. The summed E-state index contributed by atoms with van der Waals surface area (Å²) in [5.74, 6) is 0.463. The van der Waals surface area contributed by atoms with Crippen molar-refractivity contribution in [3.63, 3.8) is 0 Å². The normalized spacial score (nSPS) is 9.95. The molecule has 0 spiro atoms. The van der Waals surface area contributed by atoms with Crippen LogP contribution in [0.1, 0.15) is 12.5 Å². The third-order valence-corrected chi connectivity index (χ3v) is 2.79. The molecule has 2 nitrogen and oxygen atoms in total. The van der Waals surface area contributed by atoms with Gasteiger partial charge in [0.15, 0.2) is 0 Å². The monoisotopic (exact) mass is 255 g/mol. The van der Waals surface area contributed by atoms with E-state index in [1.54, 1.807) is 12.1 Å². The molecule has 0 aliphatic rings. The van der Waals surface area contributed by atoms with Gasteiger partial charge in [-0.3, -0.25) is 0 Å². The first-order valence-electron chi connectivity index (χ1n) is 6.13. The standard InChI is InChI=1S/C16H14FNO/c1-2-19-14-6-4-13(5-7-14)15-8-3-12(9-10-18)11-16(15)17/h3-8,11H,2,9H2,1H3. The molecule has 2 rings (SSSR count). The maximum atomic E-state index is 14.0. The number of halogens is 1. The zero-order chi connectivity index (χ0) is 13.7. The molecule has 0 saturated heterocycles. The first-order chi connectivity index (χ1) is 9.24.